The van der Waals surface area contributed by atoms with Crippen molar-refractivity contribution in [1.29, 1.82) is 0 Å². The fraction of sp³-hybridized carbons (Fsp3) is 0.750. The third kappa shape index (κ3) is 4.51. The van der Waals surface area contributed by atoms with Crippen LogP contribution < -0.4 is 5.73 Å². The van der Waals surface area contributed by atoms with Crippen LogP contribution in [0.2, 0.25) is 0 Å². The summed E-state index contributed by atoms with van der Waals surface area (Å²) in [6.07, 6.45) is 10.7. The Morgan fingerprint density at radius 3 is 2.70 bits per heavy atom. The summed E-state index contributed by atoms with van der Waals surface area (Å²) in [5.41, 5.74) is 5.33. The lowest BCUT2D eigenvalue weighted by Gasteiger charge is -2.38. The largest absolute Gasteiger partial charge is 0.369 e. The van der Waals surface area contributed by atoms with Gasteiger partial charge in [-0.25, -0.2) is 4.98 Å². The van der Waals surface area contributed by atoms with Crippen LogP contribution in [0.5, 0.6) is 0 Å². The normalized spacial score (nSPS) is 26.9. The number of primary amides is 1. The molecule has 0 aromatic carbocycles. The molecule has 7 heteroatoms. The lowest BCUT2D eigenvalue weighted by Crippen LogP contribution is -2.49. The first-order valence-corrected chi connectivity index (χ1v) is 10.4. The number of imidazole rings is 1. The summed E-state index contributed by atoms with van der Waals surface area (Å²) in [6.45, 7) is 4.44. The predicted octanol–water partition coefficient (Wildman–Crippen LogP) is 1.20. The highest BCUT2D eigenvalue weighted by Gasteiger charge is 2.34. The van der Waals surface area contributed by atoms with Crippen LogP contribution in [-0.4, -0.2) is 63.9 Å². The van der Waals surface area contributed by atoms with Crippen LogP contribution in [0.3, 0.4) is 0 Å². The molecule has 1 aromatic heterocycles. The van der Waals surface area contributed by atoms with E-state index in [-0.39, 0.29) is 24.3 Å². The van der Waals surface area contributed by atoms with Gasteiger partial charge in [-0.1, -0.05) is 0 Å². The molecular weight excluding hydrogens is 342 g/mol. The summed E-state index contributed by atoms with van der Waals surface area (Å²) in [5, 5.41) is 0. The molecule has 0 bridgehead atoms. The maximum atomic E-state index is 13.1. The quantitative estimate of drug-likeness (QED) is 0.812. The third-order valence-electron chi connectivity index (χ3n) is 6.23. The molecule has 2 aliphatic heterocycles. The van der Waals surface area contributed by atoms with Crippen LogP contribution in [0.1, 0.15) is 50.3 Å². The molecular formula is C20H31N5O2. The molecule has 3 aliphatic rings. The summed E-state index contributed by atoms with van der Waals surface area (Å²) >= 11 is 0. The van der Waals surface area contributed by atoms with E-state index >= 15 is 0 Å². The zero-order chi connectivity index (χ0) is 18.8. The zero-order valence-electron chi connectivity index (χ0n) is 16.1. The van der Waals surface area contributed by atoms with Gasteiger partial charge in [-0.2, -0.15) is 0 Å². The van der Waals surface area contributed by atoms with Gasteiger partial charge in [0.05, 0.1) is 12.5 Å². The average Bonchev–Trinajstić information content (AvgIpc) is 3.36. The Balaban J connectivity index is 1.38. The topological polar surface area (TPSA) is 84.5 Å². The lowest BCUT2D eigenvalue weighted by molar-refractivity contribution is -0.139. The molecule has 2 N–H and O–H groups in total. The summed E-state index contributed by atoms with van der Waals surface area (Å²) in [5.74, 6) is 2.22. The highest BCUT2D eigenvalue weighted by Crippen LogP contribution is 2.33. The van der Waals surface area contributed by atoms with Gasteiger partial charge in [0.15, 0.2) is 0 Å². The van der Waals surface area contributed by atoms with Crippen LogP contribution in [0.4, 0.5) is 0 Å². The summed E-state index contributed by atoms with van der Waals surface area (Å²) in [6, 6.07) is 0. The zero-order valence-corrected chi connectivity index (χ0v) is 16.1. The van der Waals surface area contributed by atoms with Gasteiger partial charge in [-0.05, 0) is 51.0 Å². The summed E-state index contributed by atoms with van der Waals surface area (Å²) < 4.78 is 2.31. The van der Waals surface area contributed by atoms with Crippen LogP contribution in [0, 0.1) is 11.8 Å². The Hall–Kier alpha value is -1.89. The lowest BCUT2D eigenvalue weighted by atomic mass is 9.92. The van der Waals surface area contributed by atoms with Crippen molar-refractivity contribution >= 4 is 11.8 Å². The summed E-state index contributed by atoms with van der Waals surface area (Å²) in [7, 11) is 0. The van der Waals surface area contributed by atoms with Gasteiger partial charge in [-0.15, -0.1) is 0 Å². The van der Waals surface area contributed by atoms with Crippen molar-refractivity contribution in [2.45, 2.75) is 51.0 Å². The van der Waals surface area contributed by atoms with Crippen LogP contribution >= 0.6 is 0 Å². The predicted molar refractivity (Wildman–Crippen MR) is 102 cm³/mol. The van der Waals surface area contributed by atoms with Gasteiger partial charge in [0.1, 0.15) is 5.82 Å². The number of hydrogen-bond donors (Lipinski definition) is 1. The molecule has 1 aromatic rings. The van der Waals surface area contributed by atoms with Gasteiger partial charge in [0.25, 0.3) is 0 Å². The number of nitrogens with zero attached hydrogens (tertiary/aromatic N) is 4. The Morgan fingerprint density at radius 2 is 1.93 bits per heavy atom. The number of piperidine rings is 2. The van der Waals surface area contributed by atoms with Crippen molar-refractivity contribution in [2.75, 3.05) is 32.7 Å². The molecule has 2 amide bonds. The fourth-order valence-electron chi connectivity index (χ4n) is 4.68. The summed E-state index contributed by atoms with van der Waals surface area (Å²) in [4.78, 5) is 33.0. The number of carbonyl (C=O) groups is 2. The van der Waals surface area contributed by atoms with E-state index in [2.05, 4.69) is 15.7 Å². The van der Waals surface area contributed by atoms with E-state index in [1.54, 1.807) is 0 Å². The first kappa shape index (κ1) is 18.5. The van der Waals surface area contributed by atoms with Crippen molar-refractivity contribution < 1.29 is 9.59 Å². The fourth-order valence-corrected chi connectivity index (χ4v) is 4.68. The minimum Gasteiger partial charge on any atom is -0.369 e. The molecule has 7 nitrogen and oxygen atoms in total. The Morgan fingerprint density at radius 1 is 1.11 bits per heavy atom. The van der Waals surface area contributed by atoms with Crippen molar-refractivity contribution in [3.63, 3.8) is 0 Å². The maximum Gasteiger partial charge on any atom is 0.231 e. The van der Waals surface area contributed by atoms with E-state index in [1.807, 2.05) is 16.0 Å². The number of nitrogens with two attached hydrogens (primary N) is 1. The van der Waals surface area contributed by atoms with E-state index in [0.717, 1.165) is 63.6 Å². The third-order valence-corrected chi connectivity index (χ3v) is 6.23. The molecule has 2 saturated heterocycles. The van der Waals surface area contributed by atoms with E-state index in [9.17, 15) is 9.59 Å². The van der Waals surface area contributed by atoms with E-state index in [4.69, 9.17) is 5.73 Å². The number of carbonyl (C=O) groups excluding carboxylic acids is 2. The van der Waals surface area contributed by atoms with E-state index in [0.29, 0.717) is 12.5 Å². The number of rotatable bonds is 6. The standard InChI is InChI=1S/C20H31N5O2/c21-18(26)14-23-8-1-4-17(12-23)20(27)25-9-2-3-16(13-25)19-22-7-10-24(19)11-15-5-6-15/h7,10,15-17H,1-6,8-9,11-14H2,(H2,21,26). The van der Waals surface area contributed by atoms with E-state index in [1.165, 1.54) is 12.8 Å². The second-order valence-electron chi connectivity index (χ2n) is 8.55. The highest BCUT2D eigenvalue weighted by atomic mass is 16.2. The number of likely N-dealkylation sites (tertiary alicyclic amines) is 2. The molecule has 0 radical (unpaired) electrons. The molecule has 1 saturated carbocycles. The minimum absolute atomic E-state index is 0.0111. The van der Waals surface area contributed by atoms with Gasteiger partial charge in [0.2, 0.25) is 11.8 Å². The van der Waals surface area contributed by atoms with Gasteiger partial charge >= 0.3 is 0 Å². The molecule has 1 aliphatic carbocycles. The first-order chi connectivity index (χ1) is 13.1. The SMILES string of the molecule is NC(=O)CN1CCCC(C(=O)N2CCCC(c3nccn3CC3CC3)C2)C1. The second-order valence-corrected chi connectivity index (χ2v) is 8.55. The smallest absolute Gasteiger partial charge is 0.231 e. The molecule has 148 valence electrons. The molecule has 0 spiro atoms. The monoisotopic (exact) mass is 373 g/mol. The van der Waals surface area contributed by atoms with Crippen LogP contribution in [0.15, 0.2) is 12.4 Å². The highest BCUT2D eigenvalue weighted by molar-refractivity contribution is 5.80. The number of amides is 2. The van der Waals surface area contributed by atoms with Gasteiger partial charge in [-0.3, -0.25) is 14.5 Å². The average molecular weight is 374 g/mol. The van der Waals surface area contributed by atoms with Crippen LogP contribution in [-0.2, 0) is 16.1 Å². The van der Waals surface area contributed by atoms with Gasteiger partial charge < -0.3 is 15.2 Å². The van der Waals surface area contributed by atoms with Crippen molar-refractivity contribution in [1.82, 2.24) is 19.4 Å². The molecule has 2 unspecified atom stereocenters. The Kier molecular flexibility index (Phi) is 5.48. The second kappa shape index (κ2) is 8.00. The minimum atomic E-state index is -0.316. The van der Waals surface area contributed by atoms with Crippen molar-refractivity contribution in [3.05, 3.63) is 18.2 Å². The Bertz CT molecular complexity index is 684. The molecule has 27 heavy (non-hydrogen) atoms. The number of aromatic nitrogens is 2. The van der Waals surface area contributed by atoms with Crippen molar-refractivity contribution in [2.24, 2.45) is 17.6 Å². The van der Waals surface area contributed by atoms with Crippen LogP contribution in [0.25, 0.3) is 0 Å². The molecule has 2 atom stereocenters. The van der Waals surface area contributed by atoms with Gasteiger partial charge in [0, 0.05) is 44.5 Å². The molecule has 3 fully saturated rings. The Labute approximate surface area is 160 Å². The van der Waals surface area contributed by atoms with Crippen molar-refractivity contribution in [3.8, 4) is 0 Å². The maximum absolute atomic E-state index is 13.1. The van der Waals surface area contributed by atoms with E-state index < -0.39 is 0 Å². The number of hydrogen-bond acceptors (Lipinski definition) is 4. The molecule has 4 rings (SSSR count). The molecule has 3 heterocycles. The first-order valence-electron chi connectivity index (χ1n) is 10.4.